The first-order valence-electron chi connectivity index (χ1n) is 7.78. The Morgan fingerprint density at radius 2 is 1.88 bits per heavy atom. The Labute approximate surface area is 159 Å². The summed E-state index contributed by atoms with van der Waals surface area (Å²) in [6.45, 7) is 1.83. The van der Waals surface area contributed by atoms with Gasteiger partial charge in [-0.25, -0.2) is 4.39 Å². The summed E-state index contributed by atoms with van der Waals surface area (Å²) in [6.07, 6.45) is 0. The molecule has 0 spiro atoms. The summed E-state index contributed by atoms with van der Waals surface area (Å²) in [5, 5.41) is 11.7. The van der Waals surface area contributed by atoms with Gasteiger partial charge < -0.3 is 9.73 Å². The normalized spacial score (nSPS) is 12.0. The van der Waals surface area contributed by atoms with E-state index in [1.165, 1.54) is 12.1 Å². The van der Waals surface area contributed by atoms with Crippen LogP contribution < -0.4 is 5.32 Å². The molecule has 0 saturated carbocycles. The van der Waals surface area contributed by atoms with E-state index in [2.05, 4.69) is 15.5 Å². The maximum absolute atomic E-state index is 12.9. The van der Waals surface area contributed by atoms with Crippen LogP contribution >= 0.6 is 23.4 Å². The van der Waals surface area contributed by atoms with Gasteiger partial charge in [0.2, 0.25) is 11.8 Å². The monoisotopic (exact) mass is 391 g/mol. The van der Waals surface area contributed by atoms with Gasteiger partial charge in [-0.2, -0.15) is 0 Å². The van der Waals surface area contributed by atoms with E-state index in [1.807, 2.05) is 6.92 Å². The summed E-state index contributed by atoms with van der Waals surface area (Å²) in [6, 6.07) is 12.8. The van der Waals surface area contributed by atoms with Crippen molar-refractivity contribution in [3.8, 4) is 11.5 Å². The molecule has 3 rings (SSSR count). The average Bonchev–Trinajstić information content (AvgIpc) is 3.10. The van der Waals surface area contributed by atoms with Crippen molar-refractivity contribution in [2.75, 3.05) is 5.75 Å². The zero-order chi connectivity index (χ0) is 18.5. The van der Waals surface area contributed by atoms with Crippen LogP contribution in [0.3, 0.4) is 0 Å². The van der Waals surface area contributed by atoms with Gasteiger partial charge in [-0.05, 0) is 48.9 Å². The fourth-order valence-electron chi connectivity index (χ4n) is 2.22. The molecule has 3 aromatic rings. The van der Waals surface area contributed by atoms with E-state index >= 15 is 0 Å². The van der Waals surface area contributed by atoms with Gasteiger partial charge in [-0.1, -0.05) is 35.5 Å². The molecule has 0 aliphatic heterocycles. The average molecular weight is 392 g/mol. The highest BCUT2D eigenvalue weighted by molar-refractivity contribution is 7.99. The van der Waals surface area contributed by atoms with Crippen molar-refractivity contribution < 1.29 is 13.6 Å². The Kier molecular flexibility index (Phi) is 5.90. The molecular weight excluding hydrogens is 377 g/mol. The molecule has 0 radical (unpaired) electrons. The molecule has 0 aliphatic rings. The summed E-state index contributed by atoms with van der Waals surface area (Å²) in [7, 11) is 0. The topological polar surface area (TPSA) is 68.0 Å². The molecule has 8 heteroatoms. The molecule has 1 aromatic heterocycles. The standard InChI is InChI=1S/C18H15ClFN3O2S/c1-11(12-4-8-15(20)9-5-12)21-16(24)10-26-18-23-22-17(25-18)13-2-6-14(19)7-3-13/h2-9,11H,10H2,1H3,(H,21,24). The molecule has 1 atom stereocenters. The molecule has 0 fully saturated rings. The van der Waals surface area contributed by atoms with Crippen LogP contribution in [-0.4, -0.2) is 21.9 Å². The highest BCUT2D eigenvalue weighted by Crippen LogP contribution is 2.24. The van der Waals surface area contributed by atoms with Gasteiger partial charge >= 0.3 is 0 Å². The van der Waals surface area contributed by atoms with E-state index < -0.39 is 0 Å². The molecule has 5 nitrogen and oxygen atoms in total. The van der Waals surface area contributed by atoms with Gasteiger partial charge in [0.25, 0.3) is 5.22 Å². The molecule has 134 valence electrons. The third kappa shape index (κ3) is 4.83. The maximum Gasteiger partial charge on any atom is 0.277 e. The SMILES string of the molecule is CC(NC(=O)CSc1nnc(-c2ccc(Cl)cc2)o1)c1ccc(F)cc1. The first kappa shape index (κ1) is 18.4. The molecule has 1 N–H and O–H groups in total. The smallest absolute Gasteiger partial charge is 0.277 e. The number of hydrogen-bond donors (Lipinski definition) is 1. The van der Waals surface area contributed by atoms with E-state index in [-0.39, 0.29) is 23.5 Å². The van der Waals surface area contributed by atoms with E-state index in [0.717, 1.165) is 22.9 Å². The van der Waals surface area contributed by atoms with Crippen LogP contribution in [0, 0.1) is 5.82 Å². The summed E-state index contributed by atoms with van der Waals surface area (Å²) in [5.74, 6) is 0.00591. The van der Waals surface area contributed by atoms with E-state index in [1.54, 1.807) is 36.4 Å². The zero-order valence-corrected chi connectivity index (χ0v) is 15.4. The van der Waals surface area contributed by atoms with E-state index in [0.29, 0.717) is 16.1 Å². The van der Waals surface area contributed by atoms with E-state index in [9.17, 15) is 9.18 Å². The third-order valence-corrected chi connectivity index (χ3v) is 4.64. The number of amides is 1. The van der Waals surface area contributed by atoms with Crippen LogP contribution in [0.25, 0.3) is 11.5 Å². The second-order valence-electron chi connectivity index (χ2n) is 5.51. The van der Waals surface area contributed by atoms with Gasteiger partial charge in [-0.15, -0.1) is 10.2 Å². The van der Waals surface area contributed by atoms with Crippen LogP contribution in [0.15, 0.2) is 58.2 Å². The van der Waals surface area contributed by atoms with Crippen LogP contribution in [0.5, 0.6) is 0 Å². The highest BCUT2D eigenvalue weighted by atomic mass is 35.5. The molecule has 1 unspecified atom stereocenters. The Hall–Kier alpha value is -2.38. The summed E-state index contributed by atoms with van der Waals surface area (Å²) in [5.41, 5.74) is 1.58. The maximum atomic E-state index is 12.9. The zero-order valence-electron chi connectivity index (χ0n) is 13.8. The van der Waals surface area contributed by atoms with Crippen molar-refractivity contribution in [3.05, 3.63) is 64.9 Å². The number of carbonyl (C=O) groups excluding carboxylic acids is 1. The number of aromatic nitrogens is 2. The van der Waals surface area contributed by atoms with Gasteiger partial charge in [0.1, 0.15) is 5.82 Å². The predicted octanol–water partition coefficient (Wildman–Crippen LogP) is 4.50. The molecule has 2 aromatic carbocycles. The first-order chi connectivity index (χ1) is 12.5. The van der Waals surface area contributed by atoms with Crippen LogP contribution in [0.2, 0.25) is 5.02 Å². The van der Waals surface area contributed by atoms with Gasteiger partial charge in [0.05, 0.1) is 11.8 Å². The quantitative estimate of drug-likeness (QED) is 0.626. The molecule has 0 saturated heterocycles. The van der Waals surface area contributed by atoms with Gasteiger partial charge in [-0.3, -0.25) is 4.79 Å². The predicted molar refractivity (Wildman–Crippen MR) is 98.4 cm³/mol. The number of hydrogen-bond acceptors (Lipinski definition) is 5. The third-order valence-electron chi connectivity index (χ3n) is 3.57. The number of carbonyl (C=O) groups is 1. The number of rotatable bonds is 6. The van der Waals surface area contributed by atoms with Crippen molar-refractivity contribution in [3.63, 3.8) is 0 Å². The summed E-state index contributed by atoms with van der Waals surface area (Å²) >= 11 is 7.00. The lowest BCUT2D eigenvalue weighted by molar-refractivity contribution is -0.119. The van der Waals surface area contributed by atoms with E-state index in [4.69, 9.17) is 16.0 Å². The van der Waals surface area contributed by atoms with Crippen molar-refractivity contribution in [1.29, 1.82) is 0 Å². The van der Waals surface area contributed by atoms with Crippen molar-refractivity contribution >= 4 is 29.3 Å². The largest absolute Gasteiger partial charge is 0.411 e. The van der Waals surface area contributed by atoms with Crippen LogP contribution in [-0.2, 0) is 4.79 Å². The fourth-order valence-corrected chi connectivity index (χ4v) is 2.92. The molecule has 0 aliphatic carbocycles. The Morgan fingerprint density at radius 3 is 2.58 bits per heavy atom. The Morgan fingerprint density at radius 1 is 1.19 bits per heavy atom. The number of thioether (sulfide) groups is 1. The van der Waals surface area contributed by atoms with Crippen molar-refractivity contribution in [2.24, 2.45) is 0 Å². The minimum absolute atomic E-state index is 0.133. The Balaban J connectivity index is 1.53. The molecule has 1 amide bonds. The second kappa shape index (κ2) is 8.33. The second-order valence-corrected chi connectivity index (χ2v) is 6.87. The van der Waals surface area contributed by atoms with Gasteiger partial charge in [0.15, 0.2) is 0 Å². The lowest BCUT2D eigenvalue weighted by atomic mass is 10.1. The minimum atomic E-state index is -0.310. The van der Waals surface area contributed by atoms with Crippen molar-refractivity contribution in [2.45, 2.75) is 18.2 Å². The number of nitrogens with zero attached hydrogens (tertiary/aromatic N) is 2. The molecule has 26 heavy (non-hydrogen) atoms. The molecule has 0 bridgehead atoms. The first-order valence-corrected chi connectivity index (χ1v) is 9.14. The summed E-state index contributed by atoms with van der Waals surface area (Å²) in [4.78, 5) is 12.1. The van der Waals surface area contributed by atoms with Crippen molar-refractivity contribution in [1.82, 2.24) is 15.5 Å². The van der Waals surface area contributed by atoms with Crippen LogP contribution in [0.1, 0.15) is 18.5 Å². The highest BCUT2D eigenvalue weighted by Gasteiger charge is 2.13. The number of halogens is 2. The van der Waals surface area contributed by atoms with Gasteiger partial charge in [0, 0.05) is 10.6 Å². The number of benzene rings is 2. The summed E-state index contributed by atoms with van der Waals surface area (Å²) < 4.78 is 18.5. The minimum Gasteiger partial charge on any atom is -0.411 e. The molecular formula is C18H15ClFN3O2S. The Bertz CT molecular complexity index is 884. The van der Waals surface area contributed by atoms with Crippen LogP contribution in [0.4, 0.5) is 4.39 Å². The lowest BCUT2D eigenvalue weighted by Gasteiger charge is -2.13. The fraction of sp³-hybridized carbons (Fsp3) is 0.167. The number of nitrogens with one attached hydrogen (secondary N) is 1. The molecule has 1 heterocycles. The lowest BCUT2D eigenvalue weighted by Crippen LogP contribution is -2.28.